The topological polar surface area (TPSA) is 26.3 Å². The molecule has 1 aliphatic heterocycles. The van der Waals surface area contributed by atoms with E-state index in [0.717, 1.165) is 24.2 Å². The Kier molecular flexibility index (Phi) is 3.90. The second-order valence-corrected chi connectivity index (χ2v) is 5.45. The van der Waals surface area contributed by atoms with Crippen molar-refractivity contribution in [1.29, 1.82) is 0 Å². The normalized spacial score (nSPS) is 24.6. The van der Waals surface area contributed by atoms with E-state index in [2.05, 4.69) is 6.92 Å². The van der Waals surface area contributed by atoms with Crippen LogP contribution >= 0.6 is 23.4 Å². The third-order valence-electron chi connectivity index (χ3n) is 2.70. The molecule has 1 saturated heterocycles. The van der Waals surface area contributed by atoms with Gasteiger partial charge in [-0.15, -0.1) is 11.8 Å². The average Bonchev–Trinajstić information content (AvgIpc) is 2.67. The van der Waals surface area contributed by atoms with E-state index in [0.29, 0.717) is 15.8 Å². The van der Waals surface area contributed by atoms with E-state index >= 15 is 0 Å². The van der Waals surface area contributed by atoms with Gasteiger partial charge in [0.2, 0.25) is 0 Å². The Morgan fingerprint density at radius 3 is 3.00 bits per heavy atom. The summed E-state index contributed by atoms with van der Waals surface area (Å²) in [4.78, 5) is 11.8. The smallest absolute Gasteiger partial charge is 0.151 e. The van der Waals surface area contributed by atoms with Crippen LogP contribution < -0.4 is 0 Å². The average molecular weight is 257 g/mol. The highest BCUT2D eigenvalue weighted by molar-refractivity contribution is 8.00. The summed E-state index contributed by atoms with van der Waals surface area (Å²) in [5, 5.41) is 1.03. The summed E-state index contributed by atoms with van der Waals surface area (Å²) in [6.45, 7) is 2.85. The second-order valence-electron chi connectivity index (χ2n) is 3.80. The van der Waals surface area contributed by atoms with Crippen LogP contribution in [0, 0.1) is 0 Å². The molecule has 1 aromatic rings. The van der Waals surface area contributed by atoms with Crippen LogP contribution in [0.15, 0.2) is 23.1 Å². The van der Waals surface area contributed by atoms with Crippen LogP contribution in [0.25, 0.3) is 0 Å². The number of carbonyl (C=O) groups is 1. The predicted molar refractivity (Wildman–Crippen MR) is 66.5 cm³/mol. The summed E-state index contributed by atoms with van der Waals surface area (Å²) in [5.41, 5.74) is 0.664. The largest absolute Gasteiger partial charge is 0.377 e. The number of carbonyl (C=O) groups excluding carboxylic acids is 1. The van der Waals surface area contributed by atoms with Crippen LogP contribution in [0.3, 0.4) is 0 Å². The van der Waals surface area contributed by atoms with Gasteiger partial charge in [0.05, 0.1) is 11.1 Å². The summed E-state index contributed by atoms with van der Waals surface area (Å²) in [7, 11) is 0. The van der Waals surface area contributed by atoms with Crippen molar-refractivity contribution in [1.82, 2.24) is 0 Å². The molecule has 0 N–H and O–H groups in total. The second kappa shape index (κ2) is 5.21. The summed E-state index contributed by atoms with van der Waals surface area (Å²) >= 11 is 7.76. The first kappa shape index (κ1) is 12.0. The van der Waals surface area contributed by atoms with Crippen molar-refractivity contribution in [3.63, 3.8) is 0 Å². The van der Waals surface area contributed by atoms with Crippen molar-refractivity contribution < 1.29 is 9.53 Å². The molecule has 1 aromatic carbocycles. The highest BCUT2D eigenvalue weighted by Crippen LogP contribution is 2.37. The van der Waals surface area contributed by atoms with Crippen molar-refractivity contribution in [3.05, 3.63) is 28.8 Å². The van der Waals surface area contributed by atoms with Crippen LogP contribution in [-0.4, -0.2) is 24.2 Å². The Morgan fingerprint density at radius 1 is 1.56 bits per heavy atom. The van der Waals surface area contributed by atoms with Crippen LogP contribution in [-0.2, 0) is 4.74 Å². The molecule has 1 heterocycles. The van der Waals surface area contributed by atoms with Crippen molar-refractivity contribution >= 4 is 29.6 Å². The molecule has 86 valence electrons. The molecule has 1 aliphatic rings. The molecule has 2 rings (SSSR count). The van der Waals surface area contributed by atoms with Gasteiger partial charge in [0, 0.05) is 22.3 Å². The molecule has 0 aromatic heterocycles. The Labute approximate surface area is 104 Å². The molecule has 1 fully saturated rings. The van der Waals surface area contributed by atoms with Gasteiger partial charge in [-0.25, -0.2) is 0 Å². The van der Waals surface area contributed by atoms with Crippen LogP contribution in [0.5, 0.6) is 0 Å². The lowest BCUT2D eigenvalue weighted by Gasteiger charge is -2.15. The molecule has 0 aliphatic carbocycles. The first-order chi connectivity index (χ1) is 7.72. The minimum absolute atomic E-state index is 0.223. The molecule has 16 heavy (non-hydrogen) atoms. The van der Waals surface area contributed by atoms with Crippen LogP contribution in [0.4, 0.5) is 0 Å². The number of benzene rings is 1. The first-order valence-electron chi connectivity index (χ1n) is 5.24. The van der Waals surface area contributed by atoms with E-state index in [4.69, 9.17) is 16.3 Å². The summed E-state index contributed by atoms with van der Waals surface area (Å²) in [6.07, 6.45) is 2.09. The quantitative estimate of drug-likeness (QED) is 0.775. The van der Waals surface area contributed by atoms with E-state index in [-0.39, 0.29) is 6.10 Å². The molecule has 0 bridgehead atoms. The SMILES string of the molecule is CC1OCCC1Sc1c(Cl)cccc1C=O. The zero-order chi connectivity index (χ0) is 11.5. The van der Waals surface area contributed by atoms with E-state index in [1.165, 1.54) is 0 Å². The van der Waals surface area contributed by atoms with Crippen molar-refractivity contribution in [3.8, 4) is 0 Å². The van der Waals surface area contributed by atoms with E-state index in [1.54, 1.807) is 23.9 Å². The van der Waals surface area contributed by atoms with Crippen LogP contribution in [0.2, 0.25) is 5.02 Å². The van der Waals surface area contributed by atoms with Gasteiger partial charge in [-0.05, 0) is 19.4 Å². The third kappa shape index (κ3) is 2.42. The monoisotopic (exact) mass is 256 g/mol. The number of rotatable bonds is 3. The molecular formula is C12H13ClO2S. The lowest BCUT2D eigenvalue weighted by atomic mass is 10.2. The number of hydrogen-bond acceptors (Lipinski definition) is 3. The summed E-state index contributed by atoms with van der Waals surface area (Å²) in [5.74, 6) is 0. The number of hydrogen-bond donors (Lipinski definition) is 0. The van der Waals surface area contributed by atoms with Gasteiger partial charge < -0.3 is 4.74 Å². The fraction of sp³-hybridized carbons (Fsp3) is 0.417. The summed E-state index contributed by atoms with van der Waals surface area (Å²) in [6, 6.07) is 5.41. The van der Waals surface area contributed by atoms with Gasteiger partial charge in [-0.1, -0.05) is 23.7 Å². The van der Waals surface area contributed by atoms with Gasteiger partial charge in [0.25, 0.3) is 0 Å². The van der Waals surface area contributed by atoms with Crippen molar-refractivity contribution in [2.45, 2.75) is 29.6 Å². The highest BCUT2D eigenvalue weighted by Gasteiger charge is 2.26. The lowest BCUT2D eigenvalue weighted by molar-refractivity contribution is 0.112. The molecule has 2 atom stereocenters. The lowest BCUT2D eigenvalue weighted by Crippen LogP contribution is -2.13. The van der Waals surface area contributed by atoms with Crippen molar-refractivity contribution in [2.24, 2.45) is 0 Å². The predicted octanol–water partition coefficient (Wildman–Crippen LogP) is 3.42. The minimum Gasteiger partial charge on any atom is -0.377 e. The zero-order valence-electron chi connectivity index (χ0n) is 8.98. The molecule has 0 spiro atoms. The Hall–Kier alpha value is -0.510. The molecule has 0 radical (unpaired) electrons. The molecule has 4 heteroatoms. The fourth-order valence-corrected chi connectivity index (χ4v) is 3.30. The molecule has 2 nitrogen and oxygen atoms in total. The third-order valence-corrected chi connectivity index (χ3v) is 4.74. The standard InChI is InChI=1S/C12H13ClO2S/c1-8-11(5-6-15-8)16-12-9(7-14)3-2-4-10(12)13/h2-4,7-8,11H,5-6H2,1H3. The first-order valence-corrected chi connectivity index (χ1v) is 6.50. The minimum atomic E-state index is 0.223. The van der Waals surface area contributed by atoms with Gasteiger partial charge in [0.1, 0.15) is 0 Å². The van der Waals surface area contributed by atoms with Crippen molar-refractivity contribution in [2.75, 3.05) is 6.61 Å². The fourth-order valence-electron chi connectivity index (χ4n) is 1.76. The zero-order valence-corrected chi connectivity index (χ0v) is 10.6. The number of thioether (sulfide) groups is 1. The molecular weight excluding hydrogens is 244 g/mol. The number of halogens is 1. The van der Waals surface area contributed by atoms with Gasteiger partial charge in [-0.2, -0.15) is 0 Å². The summed E-state index contributed by atoms with van der Waals surface area (Å²) < 4.78 is 5.50. The maximum Gasteiger partial charge on any atom is 0.151 e. The van der Waals surface area contributed by atoms with Gasteiger partial charge in [-0.3, -0.25) is 4.79 Å². The van der Waals surface area contributed by atoms with Gasteiger partial charge in [0.15, 0.2) is 6.29 Å². The Morgan fingerprint density at radius 2 is 2.38 bits per heavy atom. The number of ether oxygens (including phenoxy) is 1. The van der Waals surface area contributed by atoms with E-state index < -0.39 is 0 Å². The van der Waals surface area contributed by atoms with Crippen LogP contribution in [0.1, 0.15) is 23.7 Å². The Bertz CT molecular complexity index is 395. The maximum atomic E-state index is 10.9. The van der Waals surface area contributed by atoms with Gasteiger partial charge >= 0.3 is 0 Å². The highest BCUT2D eigenvalue weighted by atomic mass is 35.5. The molecule has 0 amide bonds. The Balaban J connectivity index is 2.22. The maximum absolute atomic E-state index is 10.9. The van der Waals surface area contributed by atoms with E-state index in [9.17, 15) is 4.79 Å². The van der Waals surface area contributed by atoms with E-state index in [1.807, 2.05) is 6.07 Å². The molecule has 2 unspecified atom stereocenters. The molecule has 0 saturated carbocycles. The number of aldehydes is 1.